The summed E-state index contributed by atoms with van der Waals surface area (Å²) in [5, 5.41) is 3.52. The van der Waals surface area contributed by atoms with Gasteiger partial charge in [-0.05, 0) is 47.1 Å². The first kappa shape index (κ1) is 12.2. The third kappa shape index (κ3) is 1.79. The minimum absolute atomic E-state index is 0.201. The van der Waals surface area contributed by atoms with E-state index in [1.807, 2.05) is 11.3 Å². The Bertz CT molecular complexity index is 537. The van der Waals surface area contributed by atoms with Gasteiger partial charge in [0, 0.05) is 10.7 Å². The molecule has 0 aliphatic heterocycles. The molecule has 0 amide bonds. The van der Waals surface area contributed by atoms with Crippen LogP contribution in [-0.4, -0.2) is 0 Å². The van der Waals surface area contributed by atoms with Crippen molar-refractivity contribution in [1.29, 1.82) is 0 Å². The lowest BCUT2D eigenvalue weighted by atomic mass is 9.74. The summed E-state index contributed by atoms with van der Waals surface area (Å²) in [5.41, 5.74) is 8.39. The number of fused-ring (bicyclic) bond motifs is 1. The van der Waals surface area contributed by atoms with Crippen LogP contribution in [0.25, 0.3) is 10.1 Å². The Kier molecular flexibility index (Phi) is 3.16. The molecule has 2 heteroatoms. The van der Waals surface area contributed by atoms with Crippen molar-refractivity contribution in [2.75, 3.05) is 0 Å². The molecular weight excluding hydrogens is 238 g/mol. The highest BCUT2D eigenvalue weighted by atomic mass is 32.1. The molecule has 0 bridgehead atoms. The Balaban J connectivity index is 2.05. The van der Waals surface area contributed by atoms with Crippen molar-refractivity contribution in [2.24, 2.45) is 11.1 Å². The van der Waals surface area contributed by atoms with Gasteiger partial charge in [0.1, 0.15) is 0 Å². The Labute approximate surface area is 113 Å². The number of hydrogen-bond donors (Lipinski definition) is 1. The minimum Gasteiger partial charge on any atom is -0.323 e. The van der Waals surface area contributed by atoms with E-state index in [-0.39, 0.29) is 6.04 Å². The van der Waals surface area contributed by atoms with Crippen LogP contribution in [0, 0.1) is 5.41 Å². The summed E-state index contributed by atoms with van der Waals surface area (Å²) >= 11 is 1.83. The molecule has 0 radical (unpaired) electrons. The third-order valence-electron chi connectivity index (χ3n) is 4.81. The van der Waals surface area contributed by atoms with E-state index in [0.29, 0.717) is 5.41 Å². The molecule has 1 heterocycles. The van der Waals surface area contributed by atoms with Crippen LogP contribution in [-0.2, 0) is 0 Å². The molecule has 96 valence electrons. The summed E-state index contributed by atoms with van der Waals surface area (Å²) in [7, 11) is 0. The Morgan fingerprint density at radius 2 is 2.06 bits per heavy atom. The van der Waals surface area contributed by atoms with Gasteiger partial charge in [-0.3, -0.25) is 0 Å². The molecule has 1 atom stereocenters. The van der Waals surface area contributed by atoms with E-state index in [2.05, 4.69) is 36.6 Å². The summed E-state index contributed by atoms with van der Waals surface area (Å²) in [5.74, 6) is 0. The molecule has 1 aliphatic carbocycles. The highest BCUT2D eigenvalue weighted by Crippen LogP contribution is 2.50. The third-order valence-corrected chi connectivity index (χ3v) is 5.79. The van der Waals surface area contributed by atoms with Gasteiger partial charge in [-0.2, -0.15) is 0 Å². The molecule has 18 heavy (non-hydrogen) atoms. The predicted molar refractivity (Wildman–Crippen MR) is 79.9 cm³/mol. The quantitative estimate of drug-likeness (QED) is 0.836. The molecule has 1 aromatic carbocycles. The second-order valence-electron chi connectivity index (χ2n) is 5.59. The lowest BCUT2D eigenvalue weighted by molar-refractivity contribution is 0.223. The first-order valence-electron chi connectivity index (χ1n) is 6.98. The molecule has 1 unspecified atom stereocenters. The monoisotopic (exact) mass is 259 g/mol. The van der Waals surface area contributed by atoms with Crippen LogP contribution in [0.5, 0.6) is 0 Å². The van der Waals surface area contributed by atoms with Gasteiger partial charge >= 0.3 is 0 Å². The van der Waals surface area contributed by atoms with Crippen LogP contribution in [0.4, 0.5) is 0 Å². The van der Waals surface area contributed by atoms with E-state index >= 15 is 0 Å². The molecule has 2 aromatic rings. The van der Waals surface area contributed by atoms with E-state index in [1.165, 1.54) is 47.8 Å². The van der Waals surface area contributed by atoms with Crippen molar-refractivity contribution in [3.63, 3.8) is 0 Å². The second kappa shape index (κ2) is 4.67. The SMILES string of the molecule is CCC1(C(N)c2cccc3ccsc23)CCCC1. The van der Waals surface area contributed by atoms with E-state index in [9.17, 15) is 0 Å². The van der Waals surface area contributed by atoms with E-state index in [0.717, 1.165) is 0 Å². The van der Waals surface area contributed by atoms with Gasteiger partial charge in [-0.1, -0.05) is 38.0 Å². The van der Waals surface area contributed by atoms with Crippen LogP contribution in [0.3, 0.4) is 0 Å². The van der Waals surface area contributed by atoms with Gasteiger partial charge in [-0.25, -0.2) is 0 Å². The molecule has 2 N–H and O–H groups in total. The summed E-state index contributed by atoms with van der Waals surface area (Å²) in [6.07, 6.45) is 6.50. The van der Waals surface area contributed by atoms with Crippen molar-refractivity contribution in [3.8, 4) is 0 Å². The topological polar surface area (TPSA) is 26.0 Å². The molecule has 1 aromatic heterocycles. The molecule has 1 aliphatic rings. The molecule has 0 saturated heterocycles. The van der Waals surface area contributed by atoms with Gasteiger partial charge in [-0.15, -0.1) is 11.3 Å². The van der Waals surface area contributed by atoms with Crippen molar-refractivity contribution in [1.82, 2.24) is 0 Å². The summed E-state index contributed by atoms with van der Waals surface area (Å²) in [4.78, 5) is 0. The van der Waals surface area contributed by atoms with Crippen LogP contribution < -0.4 is 5.73 Å². The minimum atomic E-state index is 0.201. The zero-order valence-electron chi connectivity index (χ0n) is 11.0. The number of thiophene rings is 1. The molecule has 1 nitrogen and oxygen atoms in total. The fourth-order valence-electron chi connectivity index (χ4n) is 3.55. The standard InChI is InChI=1S/C16H21NS/c1-2-16(9-3-4-10-16)15(17)13-7-5-6-12-8-11-18-14(12)13/h5-8,11,15H,2-4,9-10,17H2,1H3. The van der Waals surface area contributed by atoms with E-state index in [4.69, 9.17) is 5.73 Å². The summed E-state index contributed by atoms with van der Waals surface area (Å²) < 4.78 is 1.39. The first-order chi connectivity index (χ1) is 8.77. The maximum Gasteiger partial charge on any atom is 0.0390 e. The molecule has 1 saturated carbocycles. The van der Waals surface area contributed by atoms with Gasteiger partial charge < -0.3 is 5.73 Å². The average Bonchev–Trinajstić information content (AvgIpc) is 3.06. The van der Waals surface area contributed by atoms with Gasteiger partial charge in [0.05, 0.1) is 0 Å². The maximum atomic E-state index is 6.68. The van der Waals surface area contributed by atoms with Gasteiger partial charge in [0.15, 0.2) is 0 Å². The number of hydrogen-bond acceptors (Lipinski definition) is 2. The van der Waals surface area contributed by atoms with Crippen LogP contribution in [0.1, 0.15) is 50.6 Å². The van der Waals surface area contributed by atoms with E-state index < -0.39 is 0 Å². The van der Waals surface area contributed by atoms with Crippen molar-refractivity contribution < 1.29 is 0 Å². The lowest BCUT2D eigenvalue weighted by Gasteiger charge is -2.35. The van der Waals surface area contributed by atoms with E-state index in [1.54, 1.807) is 0 Å². The zero-order chi connectivity index (χ0) is 12.6. The van der Waals surface area contributed by atoms with Crippen LogP contribution >= 0.6 is 11.3 Å². The normalized spacial score (nSPS) is 20.3. The lowest BCUT2D eigenvalue weighted by Crippen LogP contribution is -2.31. The fourth-order valence-corrected chi connectivity index (χ4v) is 4.51. The second-order valence-corrected chi connectivity index (χ2v) is 6.50. The highest BCUT2D eigenvalue weighted by molar-refractivity contribution is 7.17. The smallest absolute Gasteiger partial charge is 0.0390 e. The average molecular weight is 259 g/mol. The molecule has 3 rings (SSSR count). The first-order valence-corrected chi connectivity index (χ1v) is 7.86. The Morgan fingerprint density at radius 1 is 1.28 bits per heavy atom. The Hall–Kier alpha value is -0.860. The number of nitrogens with two attached hydrogens (primary N) is 1. The molecular formula is C16H21NS. The molecule has 0 spiro atoms. The predicted octanol–water partition coefficient (Wildman–Crippen LogP) is 4.87. The maximum absolute atomic E-state index is 6.68. The van der Waals surface area contributed by atoms with Crippen LogP contribution in [0.2, 0.25) is 0 Å². The van der Waals surface area contributed by atoms with Crippen LogP contribution in [0.15, 0.2) is 29.6 Å². The van der Waals surface area contributed by atoms with Crippen molar-refractivity contribution in [2.45, 2.75) is 45.1 Å². The number of rotatable bonds is 3. The largest absolute Gasteiger partial charge is 0.323 e. The van der Waals surface area contributed by atoms with Gasteiger partial charge in [0.25, 0.3) is 0 Å². The van der Waals surface area contributed by atoms with Gasteiger partial charge in [0.2, 0.25) is 0 Å². The Morgan fingerprint density at radius 3 is 2.78 bits per heavy atom. The zero-order valence-corrected chi connectivity index (χ0v) is 11.8. The molecule has 1 fully saturated rings. The summed E-state index contributed by atoms with van der Waals surface area (Å²) in [6, 6.07) is 8.98. The highest BCUT2D eigenvalue weighted by Gasteiger charge is 2.39. The number of benzene rings is 1. The summed E-state index contributed by atoms with van der Waals surface area (Å²) in [6.45, 7) is 2.31. The van der Waals surface area contributed by atoms with Crippen molar-refractivity contribution >= 4 is 21.4 Å². The van der Waals surface area contributed by atoms with Crippen molar-refractivity contribution in [3.05, 3.63) is 35.2 Å². The fraction of sp³-hybridized carbons (Fsp3) is 0.500.